The first-order chi connectivity index (χ1) is 15.7. The molecule has 1 atom stereocenters. The molecule has 0 bridgehead atoms. The van der Waals surface area contributed by atoms with E-state index in [4.69, 9.17) is 4.52 Å². The summed E-state index contributed by atoms with van der Waals surface area (Å²) in [6, 6.07) is 17.7. The Kier molecular flexibility index (Phi) is 8.01. The molecule has 0 aliphatic carbocycles. The number of anilines is 1. The molecule has 1 heterocycles. The number of aryl methyl sites for hydroxylation is 1. The maximum Gasteiger partial charge on any atom is 0.242 e. The van der Waals surface area contributed by atoms with Crippen molar-refractivity contribution in [3.05, 3.63) is 66.4 Å². The molecule has 2 aromatic carbocycles. The van der Waals surface area contributed by atoms with Crippen molar-refractivity contribution in [3.8, 4) is 11.3 Å². The minimum Gasteiger partial charge on any atom is -0.361 e. The number of likely N-dealkylation sites (N-methyl/N-ethyl adjacent to an activating group) is 1. The van der Waals surface area contributed by atoms with Crippen molar-refractivity contribution in [2.75, 3.05) is 33.0 Å². The third kappa shape index (κ3) is 6.28. The van der Waals surface area contributed by atoms with E-state index in [1.165, 1.54) is 26.2 Å². The molecule has 0 aliphatic heterocycles. The van der Waals surface area contributed by atoms with Gasteiger partial charge in [-0.1, -0.05) is 41.6 Å². The number of aromatic nitrogens is 1. The summed E-state index contributed by atoms with van der Waals surface area (Å²) >= 11 is 0. The topological polar surface area (TPSA) is 95.8 Å². The number of amides is 1. The second kappa shape index (κ2) is 10.7. The molecule has 0 fully saturated rings. The van der Waals surface area contributed by atoms with Gasteiger partial charge in [0.25, 0.3) is 0 Å². The molecule has 33 heavy (non-hydrogen) atoms. The van der Waals surface area contributed by atoms with Crippen LogP contribution in [0.5, 0.6) is 0 Å². The van der Waals surface area contributed by atoms with E-state index in [-0.39, 0.29) is 10.8 Å². The fraction of sp³-hybridized carbons (Fsp3) is 0.333. The highest BCUT2D eigenvalue weighted by Gasteiger charge is 2.20. The molecule has 1 amide bonds. The zero-order chi connectivity index (χ0) is 24.0. The van der Waals surface area contributed by atoms with E-state index < -0.39 is 16.1 Å². The van der Waals surface area contributed by atoms with Crippen molar-refractivity contribution in [2.45, 2.75) is 30.7 Å². The number of hydrogen-bond donors (Lipinski definition) is 1. The van der Waals surface area contributed by atoms with Gasteiger partial charge in [0.05, 0.1) is 10.9 Å². The van der Waals surface area contributed by atoms with Gasteiger partial charge in [0.1, 0.15) is 11.5 Å². The highest BCUT2D eigenvalue weighted by molar-refractivity contribution is 7.89. The van der Waals surface area contributed by atoms with Crippen LogP contribution in [0.4, 0.5) is 5.69 Å². The third-order valence-corrected chi connectivity index (χ3v) is 7.29. The molecule has 1 aromatic heterocycles. The summed E-state index contributed by atoms with van der Waals surface area (Å²) < 4.78 is 31.2. The molecular formula is C24H30N4O4S. The quantitative estimate of drug-likeness (QED) is 0.487. The molecule has 0 radical (unpaired) electrons. The van der Waals surface area contributed by atoms with Gasteiger partial charge in [0, 0.05) is 37.8 Å². The van der Waals surface area contributed by atoms with Crippen molar-refractivity contribution in [3.63, 3.8) is 0 Å². The number of nitrogens with zero attached hydrogens (tertiary/aromatic N) is 3. The van der Waals surface area contributed by atoms with Crippen LogP contribution in [0, 0.1) is 0 Å². The van der Waals surface area contributed by atoms with Gasteiger partial charge >= 0.3 is 0 Å². The van der Waals surface area contributed by atoms with Crippen LogP contribution in [-0.2, 0) is 21.2 Å². The lowest BCUT2D eigenvalue weighted by atomic mass is 10.1. The number of carbonyl (C=O) groups excluding carboxylic acids is 1. The summed E-state index contributed by atoms with van der Waals surface area (Å²) in [4.78, 5) is 14.8. The Morgan fingerprint density at radius 3 is 2.48 bits per heavy atom. The molecule has 1 unspecified atom stereocenters. The molecule has 8 nitrogen and oxygen atoms in total. The van der Waals surface area contributed by atoms with Crippen LogP contribution >= 0.6 is 0 Å². The number of carbonyl (C=O) groups is 1. The number of benzene rings is 2. The molecule has 0 aliphatic rings. The molecule has 176 valence electrons. The Morgan fingerprint density at radius 1 is 1.06 bits per heavy atom. The maximum atomic E-state index is 12.7. The largest absolute Gasteiger partial charge is 0.361 e. The van der Waals surface area contributed by atoms with Gasteiger partial charge in [-0.15, -0.1) is 0 Å². The van der Waals surface area contributed by atoms with Crippen LogP contribution in [0.3, 0.4) is 0 Å². The van der Waals surface area contributed by atoms with Crippen LogP contribution in [-0.4, -0.2) is 62.4 Å². The lowest BCUT2D eigenvalue weighted by Crippen LogP contribution is -2.40. The van der Waals surface area contributed by atoms with Gasteiger partial charge in [-0.25, -0.2) is 12.7 Å². The Hall–Kier alpha value is -3.01. The summed E-state index contributed by atoms with van der Waals surface area (Å²) in [5, 5.41) is 6.94. The fourth-order valence-corrected chi connectivity index (χ4v) is 4.21. The fourth-order valence-electron chi connectivity index (χ4n) is 3.26. The van der Waals surface area contributed by atoms with E-state index in [1.807, 2.05) is 55.3 Å². The number of rotatable bonds is 10. The first kappa shape index (κ1) is 24.6. The normalized spacial score (nSPS) is 12.8. The van der Waals surface area contributed by atoms with Crippen LogP contribution in [0.25, 0.3) is 11.3 Å². The highest BCUT2D eigenvalue weighted by Crippen LogP contribution is 2.20. The Bertz CT molecular complexity index is 1180. The molecule has 3 rings (SSSR count). The van der Waals surface area contributed by atoms with Crippen LogP contribution in [0.2, 0.25) is 0 Å². The maximum absolute atomic E-state index is 12.7. The second-order valence-corrected chi connectivity index (χ2v) is 10.3. The van der Waals surface area contributed by atoms with Crippen LogP contribution in [0.1, 0.15) is 19.1 Å². The first-order valence-electron chi connectivity index (χ1n) is 10.7. The number of hydrogen-bond acceptors (Lipinski definition) is 6. The van der Waals surface area contributed by atoms with Crippen molar-refractivity contribution >= 4 is 21.6 Å². The van der Waals surface area contributed by atoms with Crippen LogP contribution < -0.4 is 5.32 Å². The van der Waals surface area contributed by atoms with Gasteiger partial charge < -0.3 is 9.84 Å². The highest BCUT2D eigenvalue weighted by atomic mass is 32.2. The lowest BCUT2D eigenvalue weighted by molar-refractivity contribution is -0.120. The van der Waals surface area contributed by atoms with E-state index in [0.717, 1.165) is 27.7 Å². The van der Waals surface area contributed by atoms with E-state index in [2.05, 4.69) is 10.5 Å². The van der Waals surface area contributed by atoms with Gasteiger partial charge in [0.2, 0.25) is 15.9 Å². The van der Waals surface area contributed by atoms with Crippen molar-refractivity contribution in [2.24, 2.45) is 0 Å². The SMILES string of the molecule is CC(C(=O)Nc1cccc(S(=O)(=O)N(C)C)c1)N(C)CCCc1cc(-c2ccccc2)no1. The average Bonchev–Trinajstić information content (AvgIpc) is 3.28. The third-order valence-electron chi connectivity index (χ3n) is 5.48. The van der Waals surface area contributed by atoms with E-state index in [9.17, 15) is 13.2 Å². The molecule has 1 N–H and O–H groups in total. The van der Waals surface area contributed by atoms with Gasteiger partial charge in [-0.2, -0.15) is 0 Å². The zero-order valence-electron chi connectivity index (χ0n) is 19.4. The Balaban J connectivity index is 1.52. The van der Waals surface area contributed by atoms with Crippen molar-refractivity contribution < 1.29 is 17.7 Å². The van der Waals surface area contributed by atoms with E-state index in [1.54, 1.807) is 12.1 Å². The molecule has 0 saturated heterocycles. The number of sulfonamides is 1. The number of nitrogens with one attached hydrogen (secondary N) is 1. The van der Waals surface area contributed by atoms with Gasteiger partial charge in [0.15, 0.2) is 0 Å². The minimum absolute atomic E-state index is 0.133. The first-order valence-corrected chi connectivity index (χ1v) is 12.2. The summed E-state index contributed by atoms with van der Waals surface area (Å²) in [6.45, 7) is 2.50. The summed E-state index contributed by atoms with van der Waals surface area (Å²) in [5.74, 6) is 0.598. The average molecular weight is 471 g/mol. The summed E-state index contributed by atoms with van der Waals surface area (Å²) in [5.41, 5.74) is 2.26. The van der Waals surface area contributed by atoms with E-state index >= 15 is 0 Å². The van der Waals surface area contributed by atoms with Crippen molar-refractivity contribution in [1.29, 1.82) is 0 Å². The predicted octanol–water partition coefficient (Wildman–Crippen LogP) is 3.48. The minimum atomic E-state index is -3.57. The molecular weight excluding hydrogens is 440 g/mol. The van der Waals surface area contributed by atoms with Gasteiger partial charge in [-0.05, 0) is 45.1 Å². The standard InChI is InChI=1S/C24H30N4O4S/c1-18(24(29)25-20-12-8-14-22(16-20)33(30,31)27(2)3)28(4)15-9-13-21-17-23(26-32-21)19-10-6-5-7-11-19/h5-8,10-12,14,16-18H,9,13,15H2,1-4H3,(H,25,29). The van der Waals surface area contributed by atoms with Crippen molar-refractivity contribution in [1.82, 2.24) is 14.4 Å². The second-order valence-electron chi connectivity index (χ2n) is 8.11. The molecule has 9 heteroatoms. The predicted molar refractivity (Wildman–Crippen MR) is 128 cm³/mol. The Labute approximate surface area is 195 Å². The summed E-state index contributed by atoms with van der Waals surface area (Å²) in [7, 11) is 1.26. The lowest BCUT2D eigenvalue weighted by Gasteiger charge is -2.23. The Morgan fingerprint density at radius 2 is 1.79 bits per heavy atom. The zero-order valence-corrected chi connectivity index (χ0v) is 20.2. The molecule has 3 aromatic rings. The molecule has 0 saturated carbocycles. The van der Waals surface area contributed by atoms with E-state index in [0.29, 0.717) is 18.7 Å². The summed E-state index contributed by atoms with van der Waals surface area (Å²) in [6.07, 6.45) is 1.51. The molecule has 0 spiro atoms. The van der Waals surface area contributed by atoms with Crippen LogP contribution in [0.15, 0.2) is 70.1 Å². The smallest absolute Gasteiger partial charge is 0.242 e. The monoisotopic (exact) mass is 470 g/mol. The van der Waals surface area contributed by atoms with Gasteiger partial charge in [-0.3, -0.25) is 9.69 Å².